The van der Waals surface area contributed by atoms with Crippen LogP contribution in [0.3, 0.4) is 0 Å². The number of unbranched alkanes of at least 4 members (excludes halogenated alkanes) is 43. The number of hydrogen-bond donors (Lipinski definition) is 3. The van der Waals surface area contributed by atoms with Crippen molar-refractivity contribution in [3.63, 3.8) is 0 Å². The normalized spacial score (nSPS) is 14.1. The molecular formula is C74H144O17P2. The maximum atomic E-state index is 13.1. The number of ether oxygens (including phenoxy) is 4. The van der Waals surface area contributed by atoms with Crippen molar-refractivity contribution in [2.45, 2.75) is 400 Å². The highest BCUT2D eigenvalue weighted by molar-refractivity contribution is 7.47. The molecule has 0 saturated carbocycles. The molecule has 5 atom stereocenters. The van der Waals surface area contributed by atoms with Crippen LogP contribution in [-0.2, 0) is 65.4 Å². The Morgan fingerprint density at radius 1 is 0.290 bits per heavy atom. The second kappa shape index (κ2) is 66.0. The smallest absolute Gasteiger partial charge is 0.462 e. The Labute approximate surface area is 568 Å². The first-order valence-corrected chi connectivity index (χ1v) is 41.5. The van der Waals surface area contributed by atoms with Gasteiger partial charge < -0.3 is 33.8 Å². The Kier molecular flexibility index (Phi) is 64.6. The van der Waals surface area contributed by atoms with Gasteiger partial charge >= 0.3 is 39.5 Å². The zero-order valence-electron chi connectivity index (χ0n) is 60.6. The van der Waals surface area contributed by atoms with E-state index in [0.717, 1.165) is 95.8 Å². The van der Waals surface area contributed by atoms with Crippen LogP contribution in [0, 0.1) is 11.8 Å². The summed E-state index contributed by atoms with van der Waals surface area (Å²) in [4.78, 5) is 72.6. The average molecular weight is 1370 g/mol. The second-order valence-electron chi connectivity index (χ2n) is 27.6. The SMILES string of the molecule is CCCCCCCCCCCCCCCCCCCC(=O)OC[C@H](COP(=O)(O)OC[C@@H](O)COP(=O)(O)OC[C@@H](COC(=O)CCCCCCCCCCC)OC(=O)CCCCCCCCCC(C)C)OC(=O)CCCCCCCCCCCCCCCCC(C)C. The summed E-state index contributed by atoms with van der Waals surface area (Å²) in [6, 6.07) is 0. The largest absolute Gasteiger partial charge is 0.472 e. The molecule has 0 bridgehead atoms. The minimum Gasteiger partial charge on any atom is -0.462 e. The fourth-order valence-corrected chi connectivity index (χ4v) is 12.9. The molecule has 0 saturated heterocycles. The molecule has 3 N–H and O–H groups in total. The van der Waals surface area contributed by atoms with Gasteiger partial charge in [-0.25, -0.2) is 9.13 Å². The van der Waals surface area contributed by atoms with Gasteiger partial charge in [0.1, 0.15) is 19.3 Å². The molecular weight excluding hydrogens is 1220 g/mol. The molecule has 0 radical (unpaired) electrons. The predicted octanol–water partition coefficient (Wildman–Crippen LogP) is 21.6. The first-order valence-electron chi connectivity index (χ1n) is 38.5. The Balaban J connectivity index is 5.21. The summed E-state index contributed by atoms with van der Waals surface area (Å²) in [6.07, 6.45) is 52.9. The van der Waals surface area contributed by atoms with Gasteiger partial charge in [-0.1, -0.05) is 330 Å². The zero-order chi connectivity index (χ0) is 68.6. The van der Waals surface area contributed by atoms with E-state index in [2.05, 4.69) is 41.5 Å². The molecule has 0 aromatic carbocycles. The molecule has 0 rings (SSSR count). The van der Waals surface area contributed by atoms with Crippen molar-refractivity contribution in [1.29, 1.82) is 0 Å². The Hall–Kier alpha value is -1.94. The van der Waals surface area contributed by atoms with Crippen molar-refractivity contribution >= 4 is 39.5 Å². The van der Waals surface area contributed by atoms with Crippen LogP contribution < -0.4 is 0 Å². The summed E-state index contributed by atoms with van der Waals surface area (Å²) >= 11 is 0. The van der Waals surface area contributed by atoms with Gasteiger partial charge in [0.05, 0.1) is 26.4 Å². The first kappa shape index (κ1) is 91.1. The Morgan fingerprint density at radius 3 is 0.731 bits per heavy atom. The summed E-state index contributed by atoms with van der Waals surface area (Å²) in [5.74, 6) is -0.630. The minimum atomic E-state index is -4.96. The van der Waals surface area contributed by atoms with Crippen molar-refractivity contribution < 1.29 is 80.2 Å². The van der Waals surface area contributed by atoms with Crippen LogP contribution in [0.4, 0.5) is 0 Å². The lowest BCUT2D eigenvalue weighted by Crippen LogP contribution is -2.30. The molecule has 0 aromatic rings. The third-order valence-corrected chi connectivity index (χ3v) is 19.1. The molecule has 0 aliphatic rings. The van der Waals surface area contributed by atoms with Crippen LogP contribution in [0.2, 0.25) is 0 Å². The van der Waals surface area contributed by atoms with Gasteiger partial charge in [0.25, 0.3) is 0 Å². The average Bonchev–Trinajstić information content (AvgIpc) is 1.79. The highest BCUT2D eigenvalue weighted by Crippen LogP contribution is 2.45. The van der Waals surface area contributed by atoms with Crippen LogP contribution in [0.25, 0.3) is 0 Å². The molecule has 93 heavy (non-hydrogen) atoms. The number of phosphoric acid groups is 2. The number of phosphoric ester groups is 2. The lowest BCUT2D eigenvalue weighted by molar-refractivity contribution is -0.161. The van der Waals surface area contributed by atoms with E-state index >= 15 is 0 Å². The lowest BCUT2D eigenvalue weighted by atomic mass is 10.0. The van der Waals surface area contributed by atoms with Crippen molar-refractivity contribution in [3.05, 3.63) is 0 Å². The number of carbonyl (C=O) groups excluding carboxylic acids is 4. The fourth-order valence-electron chi connectivity index (χ4n) is 11.3. The quantitative estimate of drug-likeness (QED) is 0.0222. The minimum absolute atomic E-state index is 0.104. The van der Waals surface area contributed by atoms with Gasteiger partial charge in [0, 0.05) is 25.7 Å². The number of aliphatic hydroxyl groups is 1. The molecule has 0 aliphatic heterocycles. The highest BCUT2D eigenvalue weighted by atomic mass is 31.2. The molecule has 0 amide bonds. The maximum Gasteiger partial charge on any atom is 0.472 e. The summed E-state index contributed by atoms with van der Waals surface area (Å²) < 4.78 is 68.4. The molecule has 2 unspecified atom stereocenters. The summed E-state index contributed by atoms with van der Waals surface area (Å²) in [6.45, 7) is 9.52. The van der Waals surface area contributed by atoms with Gasteiger partial charge in [-0.05, 0) is 37.5 Å². The van der Waals surface area contributed by atoms with Gasteiger partial charge in [0.15, 0.2) is 12.2 Å². The highest BCUT2D eigenvalue weighted by Gasteiger charge is 2.30. The summed E-state index contributed by atoms with van der Waals surface area (Å²) in [5, 5.41) is 10.6. The van der Waals surface area contributed by atoms with Crippen LogP contribution in [0.1, 0.15) is 382 Å². The van der Waals surface area contributed by atoms with Gasteiger partial charge in [-0.15, -0.1) is 0 Å². The van der Waals surface area contributed by atoms with Crippen molar-refractivity contribution in [2.24, 2.45) is 11.8 Å². The summed E-state index contributed by atoms with van der Waals surface area (Å²) in [7, 11) is -9.90. The number of aliphatic hydroxyl groups excluding tert-OH is 1. The Morgan fingerprint density at radius 2 is 0.495 bits per heavy atom. The number of hydrogen-bond acceptors (Lipinski definition) is 15. The Bertz CT molecular complexity index is 1800. The predicted molar refractivity (Wildman–Crippen MR) is 377 cm³/mol. The topological polar surface area (TPSA) is 237 Å². The number of rotatable bonds is 73. The number of carbonyl (C=O) groups is 4. The third-order valence-electron chi connectivity index (χ3n) is 17.2. The fraction of sp³-hybridized carbons (Fsp3) is 0.946. The second-order valence-corrected chi connectivity index (χ2v) is 30.5. The standard InChI is InChI=1S/C74H144O17P2/c1-7-9-11-13-15-17-18-19-20-21-22-26-29-33-39-45-51-57-72(77)85-62-69(90-73(78)58-52-46-40-34-30-27-24-23-25-28-32-36-42-48-54-66(3)4)64-88-92(80,81)86-60-68(75)61-87-93(82,83)89-65-70(63-84-71(76)56-50-44-38-31-16-14-12-10-8-2)91-74(79)59-53-47-41-35-37-43-49-55-67(5)6/h66-70,75H,7-65H2,1-6H3,(H,80,81)(H,82,83)/t68-,69-,70-/m1/s1. The zero-order valence-corrected chi connectivity index (χ0v) is 62.3. The van der Waals surface area contributed by atoms with Gasteiger partial charge in [0.2, 0.25) is 0 Å². The molecule has 0 aromatic heterocycles. The molecule has 0 aliphatic carbocycles. The van der Waals surface area contributed by atoms with E-state index < -0.39 is 97.5 Å². The molecule has 0 heterocycles. The van der Waals surface area contributed by atoms with Crippen molar-refractivity contribution in [3.8, 4) is 0 Å². The molecule has 19 heteroatoms. The van der Waals surface area contributed by atoms with E-state index in [-0.39, 0.29) is 25.7 Å². The van der Waals surface area contributed by atoms with Gasteiger partial charge in [-0.2, -0.15) is 0 Å². The van der Waals surface area contributed by atoms with Crippen molar-refractivity contribution in [1.82, 2.24) is 0 Å². The van der Waals surface area contributed by atoms with Crippen LogP contribution >= 0.6 is 15.6 Å². The van der Waals surface area contributed by atoms with Crippen LogP contribution in [0.15, 0.2) is 0 Å². The van der Waals surface area contributed by atoms with Crippen LogP contribution in [0.5, 0.6) is 0 Å². The van der Waals surface area contributed by atoms with Crippen molar-refractivity contribution in [2.75, 3.05) is 39.6 Å². The summed E-state index contributed by atoms with van der Waals surface area (Å²) in [5.41, 5.74) is 0. The number of esters is 4. The first-order chi connectivity index (χ1) is 44.9. The molecule has 17 nitrogen and oxygen atoms in total. The lowest BCUT2D eigenvalue weighted by Gasteiger charge is -2.21. The van der Waals surface area contributed by atoms with Gasteiger partial charge in [-0.3, -0.25) is 37.3 Å². The van der Waals surface area contributed by atoms with Crippen LogP contribution in [-0.4, -0.2) is 96.7 Å². The van der Waals surface area contributed by atoms with E-state index in [4.69, 9.17) is 37.0 Å². The van der Waals surface area contributed by atoms with E-state index in [0.29, 0.717) is 31.6 Å². The third kappa shape index (κ3) is 68.4. The molecule has 0 spiro atoms. The molecule has 0 fully saturated rings. The maximum absolute atomic E-state index is 13.1. The monoisotopic (exact) mass is 1370 g/mol. The van der Waals surface area contributed by atoms with E-state index in [1.807, 2.05) is 0 Å². The van der Waals surface area contributed by atoms with E-state index in [9.17, 15) is 43.2 Å². The van der Waals surface area contributed by atoms with E-state index in [1.54, 1.807) is 0 Å². The molecule has 552 valence electrons. The van der Waals surface area contributed by atoms with E-state index in [1.165, 1.54) is 199 Å².